The van der Waals surface area contributed by atoms with E-state index in [1.807, 2.05) is 0 Å². The van der Waals surface area contributed by atoms with Crippen molar-refractivity contribution in [3.05, 3.63) is 60.4 Å². The maximum Gasteiger partial charge on any atom is 0.339 e. The molecular formula is C14H9FN4O2. The Morgan fingerprint density at radius 3 is 2.81 bits per heavy atom. The number of carboxylic acid groups (broad SMARTS) is 1. The summed E-state index contributed by atoms with van der Waals surface area (Å²) in [7, 11) is 0. The van der Waals surface area contributed by atoms with Crippen LogP contribution in [-0.4, -0.2) is 30.8 Å². The van der Waals surface area contributed by atoms with Crippen LogP contribution >= 0.6 is 0 Å². The molecule has 0 saturated carbocycles. The van der Waals surface area contributed by atoms with Crippen LogP contribution in [0.1, 0.15) is 10.4 Å². The van der Waals surface area contributed by atoms with E-state index in [0.717, 1.165) is 6.20 Å². The van der Waals surface area contributed by atoms with Crippen molar-refractivity contribution in [3.8, 4) is 17.1 Å². The zero-order chi connectivity index (χ0) is 14.8. The number of rotatable bonds is 3. The highest BCUT2D eigenvalue weighted by Crippen LogP contribution is 2.23. The summed E-state index contributed by atoms with van der Waals surface area (Å²) in [5.41, 5.74) is 0.385. The third kappa shape index (κ3) is 2.48. The van der Waals surface area contributed by atoms with E-state index in [1.165, 1.54) is 23.1 Å². The van der Waals surface area contributed by atoms with Crippen LogP contribution in [-0.2, 0) is 0 Å². The van der Waals surface area contributed by atoms with Crippen LogP contribution in [0.3, 0.4) is 0 Å². The minimum absolute atomic E-state index is 0.0481. The minimum atomic E-state index is -1.16. The molecule has 6 nitrogen and oxygen atoms in total. The van der Waals surface area contributed by atoms with Gasteiger partial charge in [0.15, 0.2) is 5.82 Å². The maximum atomic E-state index is 13.3. The Morgan fingerprint density at radius 2 is 2.14 bits per heavy atom. The molecule has 3 aromatic heterocycles. The number of hydrogen-bond acceptors (Lipinski definition) is 4. The fraction of sp³-hybridized carbons (Fsp3) is 0. The zero-order valence-corrected chi connectivity index (χ0v) is 10.6. The highest BCUT2D eigenvalue weighted by molar-refractivity contribution is 5.94. The molecule has 0 aromatic carbocycles. The number of nitrogens with zero attached hydrogens (tertiary/aromatic N) is 4. The van der Waals surface area contributed by atoms with Crippen molar-refractivity contribution < 1.29 is 14.3 Å². The summed E-state index contributed by atoms with van der Waals surface area (Å²) in [6, 6.07) is 6.37. The SMILES string of the molecule is O=C(O)c1cn(-c2ccccn2)nc1-c1cncc(F)c1. The average Bonchev–Trinajstić information content (AvgIpc) is 2.93. The molecule has 21 heavy (non-hydrogen) atoms. The lowest BCUT2D eigenvalue weighted by Crippen LogP contribution is -1.97. The number of carbonyl (C=O) groups is 1. The number of pyridine rings is 2. The van der Waals surface area contributed by atoms with Crippen LogP contribution in [0.25, 0.3) is 17.1 Å². The normalized spacial score (nSPS) is 10.5. The summed E-state index contributed by atoms with van der Waals surface area (Å²) in [5, 5.41) is 13.4. The first-order valence-corrected chi connectivity index (χ1v) is 6.00. The molecular weight excluding hydrogens is 275 g/mol. The molecule has 0 unspecified atom stereocenters. The van der Waals surface area contributed by atoms with Gasteiger partial charge in [0.05, 0.1) is 6.20 Å². The van der Waals surface area contributed by atoms with Crippen molar-refractivity contribution >= 4 is 5.97 Å². The van der Waals surface area contributed by atoms with Crippen LogP contribution in [0.5, 0.6) is 0 Å². The second-order valence-electron chi connectivity index (χ2n) is 4.22. The summed E-state index contributed by atoms with van der Waals surface area (Å²) in [4.78, 5) is 19.1. The van der Waals surface area contributed by atoms with E-state index in [0.29, 0.717) is 11.4 Å². The first-order valence-electron chi connectivity index (χ1n) is 6.00. The molecule has 0 aliphatic rings. The van der Waals surface area contributed by atoms with Crippen molar-refractivity contribution in [1.82, 2.24) is 19.7 Å². The van der Waals surface area contributed by atoms with Gasteiger partial charge in [0, 0.05) is 24.2 Å². The second kappa shape index (κ2) is 5.12. The average molecular weight is 284 g/mol. The Labute approximate surface area is 118 Å². The van der Waals surface area contributed by atoms with Gasteiger partial charge in [-0.1, -0.05) is 6.07 Å². The number of hydrogen-bond donors (Lipinski definition) is 1. The maximum absolute atomic E-state index is 13.3. The minimum Gasteiger partial charge on any atom is -0.478 e. The van der Waals surface area contributed by atoms with Gasteiger partial charge in [-0.05, 0) is 18.2 Å². The largest absolute Gasteiger partial charge is 0.478 e. The lowest BCUT2D eigenvalue weighted by Gasteiger charge is -1.99. The van der Waals surface area contributed by atoms with Crippen LogP contribution < -0.4 is 0 Å². The molecule has 0 radical (unpaired) electrons. The molecule has 1 N–H and O–H groups in total. The summed E-state index contributed by atoms with van der Waals surface area (Å²) in [6.07, 6.45) is 5.31. The molecule has 0 bridgehead atoms. The number of aromatic nitrogens is 4. The fourth-order valence-corrected chi connectivity index (χ4v) is 1.89. The van der Waals surface area contributed by atoms with Crippen molar-refractivity contribution in [2.75, 3.05) is 0 Å². The molecule has 0 aliphatic heterocycles. The van der Waals surface area contributed by atoms with Crippen molar-refractivity contribution in [3.63, 3.8) is 0 Å². The topological polar surface area (TPSA) is 80.9 Å². The van der Waals surface area contributed by atoms with Gasteiger partial charge in [-0.15, -0.1) is 0 Å². The summed E-state index contributed by atoms with van der Waals surface area (Å²) in [6.45, 7) is 0. The quantitative estimate of drug-likeness (QED) is 0.797. The van der Waals surface area contributed by atoms with Crippen LogP contribution in [0.15, 0.2) is 49.1 Å². The monoisotopic (exact) mass is 284 g/mol. The molecule has 0 fully saturated rings. The molecule has 3 heterocycles. The highest BCUT2D eigenvalue weighted by atomic mass is 19.1. The lowest BCUT2D eigenvalue weighted by molar-refractivity contribution is 0.0697. The fourth-order valence-electron chi connectivity index (χ4n) is 1.89. The van der Waals surface area contributed by atoms with E-state index in [9.17, 15) is 14.3 Å². The number of carboxylic acids is 1. The zero-order valence-electron chi connectivity index (χ0n) is 10.6. The molecule has 0 amide bonds. The predicted molar refractivity (Wildman–Crippen MR) is 71.5 cm³/mol. The van der Waals surface area contributed by atoms with Crippen molar-refractivity contribution in [2.24, 2.45) is 0 Å². The molecule has 104 valence electrons. The Balaban J connectivity index is 2.16. The number of aromatic carboxylic acids is 1. The van der Waals surface area contributed by atoms with Crippen LogP contribution in [0.2, 0.25) is 0 Å². The first kappa shape index (κ1) is 12.9. The van der Waals surface area contributed by atoms with E-state index in [-0.39, 0.29) is 11.3 Å². The lowest BCUT2D eigenvalue weighted by atomic mass is 10.1. The van der Waals surface area contributed by atoms with Gasteiger partial charge in [-0.3, -0.25) is 4.98 Å². The van der Waals surface area contributed by atoms with Gasteiger partial charge in [0.2, 0.25) is 0 Å². The third-order valence-corrected chi connectivity index (χ3v) is 2.81. The predicted octanol–water partition coefficient (Wildman–Crippen LogP) is 2.17. The Morgan fingerprint density at radius 1 is 1.29 bits per heavy atom. The van der Waals surface area contributed by atoms with Gasteiger partial charge in [-0.25, -0.2) is 18.9 Å². The Hall–Kier alpha value is -3.09. The molecule has 0 saturated heterocycles. The van der Waals surface area contributed by atoms with Crippen molar-refractivity contribution in [1.29, 1.82) is 0 Å². The van der Waals surface area contributed by atoms with E-state index in [4.69, 9.17) is 0 Å². The van der Waals surface area contributed by atoms with Crippen LogP contribution in [0, 0.1) is 5.82 Å². The first-order chi connectivity index (χ1) is 10.1. The third-order valence-electron chi connectivity index (χ3n) is 2.81. The Bertz CT molecular complexity index is 802. The summed E-state index contributed by atoms with van der Waals surface area (Å²) in [5.74, 6) is -1.25. The smallest absolute Gasteiger partial charge is 0.339 e. The highest BCUT2D eigenvalue weighted by Gasteiger charge is 2.18. The molecule has 3 aromatic rings. The molecule has 0 aliphatic carbocycles. The number of halogens is 1. The summed E-state index contributed by atoms with van der Waals surface area (Å²) < 4.78 is 14.6. The van der Waals surface area contributed by atoms with Crippen molar-refractivity contribution in [2.45, 2.75) is 0 Å². The summed E-state index contributed by atoms with van der Waals surface area (Å²) >= 11 is 0. The van der Waals surface area contributed by atoms with Gasteiger partial charge in [0.25, 0.3) is 0 Å². The van der Waals surface area contributed by atoms with E-state index >= 15 is 0 Å². The van der Waals surface area contributed by atoms with Gasteiger partial charge in [-0.2, -0.15) is 5.10 Å². The van der Waals surface area contributed by atoms with E-state index < -0.39 is 11.8 Å². The van der Waals surface area contributed by atoms with E-state index in [2.05, 4.69) is 15.1 Å². The van der Waals surface area contributed by atoms with E-state index in [1.54, 1.807) is 24.4 Å². The standard InChI is InChI=1S/C14H9FN4O2/c15-10-5-9(6-16-7-10)13-11(14(20)21)8-19(18-13)12-3-1-2-4-17-12/h1-8H,(H,20,21). The van der Waals surface area contributed by atoms with Crippen LogP contribution in [0.4, 0.5) is 4.39 Å². The molecule has 0 spiro atoms. The second-order valence-corrected chi connectivity index (χ2v) is 4.22. The van der Waals surface area contributed by atoms with Gasteiger partial charge in [0.1, 0.15) is 17.1 Å². The van der Waals surface area contributed by atoms with Gasteiger partial charge >= 0.3 is 5.97 Å². The molecule has 3 rings (SSSR count). The Kier molecular flexibility index (Phi) is 3.15. The molecule has 7 heteroatoms. The van der Waals surface area contributed by atoms with Gasteiger partial charge < -0.3 is 5.11 Å². The molecule has 0 atom stereocenters.